The van der Waals surface area contributed by atoms with E-state index in [-0.39, 0.29) is 69.2 Å². The van der Waals surface area contributed by atoms with Crippen molar-refractivity contribution in [3.63, 3.8) is 0 Å². The molecule has 2 aliphatic rings. The fraction of sp³-hybridized carbons (Fsp3) is 0.189. The van der Waals surface area contributed by atoms with Crippen LogP contribution < -0.4 is 14.9 Å². The summed E-state index contributed by atoms with van der Waals surface area (Å²) in [6, 6.07) is 9.86. The number of carbonyl (C=O) groups is 1. The van der Waals surface area contributed by atoms with Gasteiger partial charge in [-0.25, -0.2) is 4.79 Å². The second kappa shape index (κ2) is 12.2. The predicted molar refractivity (Wildman–Crippen MR) is 179 cm³/mol. The molecular weight excluding hydrogens is 684 g/mol. The third-order valence-electron chi connectivity index (χ3n) is 9.26. The highest BCUT2D eigenvalue weighted by Crippen LogP contribution is 2.49. The van der Waals surface area contributed by atoms with Crippen LogP contribution in [0.5, 0.6) is 69.0 Å². The Labute approximate surface area is 292 Å². The lowest BCUT2D eigenvalue weighted by molar-refractivity contribution is -0.0188. The minimum Gasteiger partial charge on any atom is -0.508 e. The van der Waals surface area contributed by atoms with E-state index >= 15 is 0 Å². The van der Waals surface area contributed by atoms with Gasteiger partial charge >= 0.3 is 5.97 Å². The number of carbonyl (C=O) groups excluding carboxylic acids is 1. The van der Waals surface area contributed by atoms with Crippen LogP contribution >= 0.6 is 0 Å². The number of phenolic OH excluding ortho intramolecular Hbond substituents is 9. The largest absolute Gasteiger partial charge is 0.508 e. The Morgan fingerprint density at radius 3 is 1.81 bits per heavy atom. The van der Waals surface area contributed by atoms with Gasteiger partial charge in [0.15, 0.2) is 40.6 Å². The summed E-state index contributed by atoms with van der Waals surface area (Å²) in [5.74, 6) is -7.77. The summed E-state index contributed by atoms with van der Waals surface area (Å²) < 4.78 is 18.1. The number of ether oxygens (including phenoxy) is 3. The highest BCUT2D eigenvalue weighted by molar-refractivity contribution is 5.94. The van der Waals surface area contributed by atoms with Crippen LogP contribution in [0.25, 0.3) is 10.8 Å². The summed E-state index contributed by atoms with van der Waals surface area (Å²) >= 11 is 0. The molecule has 0 spiro atoms. The fourth-order valence-electron chi connectivity index (χ4n) is 6.78. The van der Waals surface area contributed by atoms with Crippen molar-refractivity contribution in [3.8, 4) is 69.0 Å². The standard InChI is InChI=1S/C37H30O15/c1-13-2-20-22(40)7-16(38)9-28(20)50-35(13)19-11-27(45)34(48)31-18(19)3-14(4-26(44)33(31)47)36-30(12-21-23(41)8-17(39)10-29(21)51-36)52-37(49)15-5-24(42)32(46)25(43)6-15/h3-11,13,30,35-36,38-43,45-46,48H,2,12H2,1H3,(H,44,47)/t13-,30-,35+,36-/m1/s1. The molecular formula is C37H30O15. The Morgan fingerprint density at radius 2 is 1.19 bits per heavy atom. The van der Waals surface area contributed by atoms with Crippen LogP contribution in [0.1, 0.15) is 51.7 Å². The summed E-state index contributed by atoms with van der Waals surface area (Å²) in [7, 11) is 0. The molecule has 5 aromatic rings. The molecule has 0 radical (unpaired) electrons. The molecule has 15 heteroatoms. The lowest BCUT2D eigenvalue weighted by Crippen LogP contribution is -2.34. The SMILES string of the molecule is C[C@@H]1Cc2c(O)cc(O)cc2O[C@@H]1c1cc(O)c(O)c2c(=O)c(O)cc([C@H]3Oc4cc(O)cc(O)c4C[C@H]3OC(=O)c3cc(O)c(O)c(O)c3)cc12. The predicted octanol–water partition coefficient (Wildman–Crippen LogP) is 4.47. The van der Waals surface area contributed by atoms with Crippen molar-refractivity contribution >= 4 is 16.7 Å². The topological polar surface area (TPSA) is 264 Å². The number of hydrogen-bond acceptors (Lipinski definition) is 15. The highest BCUT2D eigenvalue weighted by atomic mass is 16.6. The maximum absolute atomic E-state index is 13.7. The summed E-state index contributed by atoms with van der Waals surface area (Å²) in [5, 5.41) is 103. The van der Waals surface area contributed by atoms with E-state index in [9.17, 15) is 60.7 Å². The van der Waals surface area contributed by atoms with E-state index < -0.39 is 81.3 Å². The first-order valence-electron chi connectivity index (χ1n) is 15.8. The number of benzene rings is 4. The summed E-state index contributed by atoms with van der Waals surface area (Å²) in [6.07, 6.45) is -3.80. The van der Waals surface area contributed by atoms with Crippen LogP contribution in [0.3, 0.4) is 0 Å². The average molecular weight is 715 g/mol. The van der Waals surface area contributed by atoms with Crippen molar-refractivity contribution in [3.05, 3.63) is 92.6 Å². The quantitative estimate of drug-likeness (QED) is 0.0909. The molecule has 268 valence electrons. The van der Waals surface area contributed by atoms with Gasteiger partial charge in [0.25, 0.3) is 0 Å². The molecule has 15 nitrogen and oxygen atoms in total. The van der Waals surface area contributed by atoms with Crippen LogP contribution in [0.2, 0.25) is 0 Å². The van der Waals surface area contributed by atoms with Gasteiger partial charge in [-0.2, -0.15) is 0 Å². The molecule has 0 unspecified atom stereocenters. The first kappa shape index (κ1) is 33.6. The van der Waals surface area contributed by atoms with Gasteiger partial charge in [-0.05, 0) is 42.1 Å². The van der Waals surface area contributed by atoms with E-state index in [1.54, 1.807) is 6.92 Å². The molecule has 0 aliphatic carbocycles. The molecule has 0 saturated carbocycles. The molecule has 7 rings (SSSR count). The molecule has 0 amide bonds. The van der Waals surface area contributed by atoms with Crippen molar-refractivity contribution in [2.75, 3.05) is 0 Å². The van der Waals surface area contributed by atoms with Crippen molar-refractivity contribution in [2.24, 2.45) is 5.92 Å². The Hall–Kier alpha value is -6.90. The van der Waals surface area contributed by atoms with Gasteiger partial charge in [0, 0.05) is 58.9 Å². The first-order valence-corrected chi connectivity index (χ1v) is 15.8. The van der Waals surface area contributed by atoms with Crippen LogP contribution in [0, 0.1) is 5.92 Å². The summed E-state index contributed by atoms with van der Waals surface area (Å²) in [4.78, 5) is 27.1. The second-order valence-corrected chi connectivity index (χ2v) is 12.8. The Morgan fingerprint density at radius 1 is 0.635 bits per heavy atom. The number of esters is 1. The van der Waals surface area contributed by atoms with Crippen LogP contribution in [0.4, 0.5) is 0 Å². The molecule has 10 N–H and O–H groups in total. The number of rotatable bonds is 4. The van der Waals surface area contributed by atoms with E-state index in [0.29, 0.717) is 5.56 Å². The van der Waals surface area contributed by atoms with Crippen molar-refractivity contribution < 1.29 is 70.1 Å². The number of hydrogen-bond donors (Lipinski definition) is 10. The molecule has 52 heavy (non-hydrogen) atoms. The average Bonchev–Trinajstić information content (AvgIpc) is 3.20. The molecule has 0 bridgehead atoms. The Bertz CT molecular complexity index is 2360. The zero-order valence-electron chi connectivity index (χ0n) is 26.9. The third-order valence-corrected chi connectivity index (χ3v) is 9.26. The van der Waals surface area contributed by atoms with E-state index in [1.807, 2.05) is 0 Å². The fourth-order valence-corrected chi connectivity index (χ4v) is 6.78. The number of fused-ring (bicyclic) bond motifs is 3. The molecule has 2 aliphatic heterocycles. The number of aromatic hydroxyl groups is 10. The lowest BCUT2D eigenvalue weighted by Gasteiger charge is -2.34. The van der Waals surface area contributed by atoms with Crippen LogP contribution in [-0.2, 0) is 17.6 Å². The van der Waals surface area contributed by atoms with Gasteiger partial charge in [-0.15, -0.1) is 0 Å². The molecule has 2 heterocycles. The van der Waals surface area contributed by atoms with E-state index in [4.69, 9.17) is 14.2 Å². The van der Waals surface area contributed by atoms with E-state index in [1.165, 1.54) is 24.3 Å². The van der Waals surface area contributed by atoms with Crippen LogP contribution in [-0.4, -0.2) is 63.1 Å². The van der Waals surface area contributed by atoms with E-state index in [2.05, 4.69) is 0 Å². The molecule has 0 saturated heterocycles. The van der Waals surface area contributed by atoms with Gasteiger partial charge in [0.1, 0.15) is 46.7 Å². The molecule has 4 atom stereocenters. The number of phenols is 9. The monoisotopic (exact) mass is 714 g/mol. The Kier molecular flexibility index (Phi) is 7.85. The van der Waals surface area contributed by atoms with Crippen molar-refractivity contribution in [1.82, 2.24) is 0 Å². The van der Waals surface area contributed by atoms with Gasteiger partial charge in [-0.3, -0.25) is 4.79 Å². The molecule has 5 aromatic carbocycles. The van der Waals surface area contributed by atoms with E-state index in [0.717, 1.165) is 30.3 Å². The van der Waals surface area contributed by atoms with Gasteiger partial charge in [-0.1, -0.05) is 6.92 Å². The molecule has 0 aromatic heterocycles. The highest BCUT2D eigenvalue weighted by Gasteiger charge is 2.38. The van der Waals surface area contributed by atoms with Gasteiger partial charge in [0.2, 0.25) is 5.43 Å². The minimum atomic E-state index is -1.42. The lowest BCUT2D eigenvalue weighted by atomic mass is 9.85. The second-order valence-electron chi connectivity index (χ2n) is 12.8. The van der Waals surface area contributed by atoms with Gasteiger partial charge < -0.3 is 65.3 Å². The van der Waals surface area contributed by atoms with Crippen molar-refractivity contribution in [1.29, 1.82) is 0 Å². The summed E-state index contributed by atoms with van der Waals surface area (Å²) in [5.41, 5.74) is -0.856. The smallest absolute Gasteiger partial charge is 0.338 e. The van der Waals surface area contributed by atoms with Crippen LogP contribution in [0.15, 0.2) is 59.4 Å². The first-order chi connectivity index (χ1) is 24.6. The third kappa shape index (κ3) is 5.57. The summed E-state index contributed by atoms with van der Waals surface area (Å²) in [6.45, 7) is 1.77. The zero-order chi connectivity index (χ0) is 37.3. The maximum Gasteiger partial charge on any atom is 0.338 e. The normalized spacial score (nSPS) is 19.2. The maximum atomic E-state index is 13.7. The van der Waals surface area contributed by atoms with Gasteiger partial charge in [0.05, 0.1) is 10.9 Å². The van der Waals surface area contributed by atoms with Crippen molar-refractivity contribution in [2.45, 2.75) is 38.1 Å². The zero-order valence-corrected chi connectivity index (χ0v) is 26.9. The minimum absolute atomic E-state index is 0.0298. The molecule has 0 fully saturated rings. The Balaban J connectivity index is 1.41.